The van der Waals surface area contributed by atoms with Crippen LogP contribution in [0, 0.1) is 0 Å². The van der Waals surface area contributed by atoms with Gasteiger partial charge < -0.3 is 5.32 Å². The van der Waals surface area contributed by atoms with E-state index in [-0.39, 0.29) is 10.8 Å². The predicted octanol–water partition coefficient (Wildman–Crippen LogP) is 0.646. The largest absolute Gasteiger partial charge is 0.352 e. The van der Waals surface area contributed by atoms with Gasteiger partial charge in [0.1, 0.15) is 0 Å². The Morgan fingerprint density at radius 3 is 2.47 bits per heavy atom. The molecule has 0 unspecified atom stereocenters. The number of aryl methyl sites for hydroxylation is 1. The predicted molar refractivity (Wildman–Crippen MR) is 65.2 cm³/mol. The fourth-order valence-corrected chi connectivity index (χ4v) is 2.38. The zero-order valence-electron chi connectivity index (χ0n) is 9.86. The Kier molecular flexibility index (Phi) is 4.25. The van der Waals surface area contributed by atoms with Crippen LogP contribution in [0.4, 0.5) is 0 Å². The Labute approximate surface area is 101 Å². The molecule has 5 nitrogen and oxygen atoms in total. The molecule has 94 valence electrons. The number of benzene rings is 1. The summed E-state index contributed by atoms with van der Waals surface area (Å²) in [5.74, 6) is -0.306. The maximum atomic E-state index is 11.6. The molecule has 0 heterocycles. The summed E-state index contributed by atoms with van der Waals surface area (Å²) < 4.78 is 22.8. The first-order chi connectivity index (χ1) is 7.90. The van der Waals surface area contributed by atoms with Gasteiger partial charge in [0.15, 0.2) is 0 Å². The highest BCUT2D eigenvalue weighted by atomic mass is 32.2. The molecule has 1 amide bonds. The smallest absolute Gasteiger partial charge is 0.251 e. The molecule has 3 N–H and O–H groups in total. The van der Waals surface area contributed by atoms with Crippen molar-refractivity contribution in [1.82, 2.24) is 5.32 Å². The summed E-state index contributed by atoms with van der Waals surface area (Å²) in [6, 6.07) is 4.53. The van der Waals surface area contributed by atoms with Crippen molar-refractivity contribution in [3.8, 4) is 0 Å². The van der Waals surface area contributed by atoms with Crippen LogP contribution in [0.5, 0.6) is 0 Å². The summed E-state index contributed by atoms with van der Waals surface area (Å²) in [6.45, 7) is 4.10. The molecule has 6 heteroatoms. The number of nitrogens with one attached hydrogen (secondary N) is 1. The third-order valence-electron chi connectivity index (χ3n) is 2.35. The van der Waals surface area contributed by atoms with Crippen LogP contribution in [-0.4, -0.2) is 20.9 Å². The van der Waals surface area contributed by atoms with Crippen molar-refractivity contribution in [2.45, 2.75) is 25.2 Å². The lowest BCUT2D eigenvalue weighted by atomic mass is 10.1. The van der Waals surface area contributed by atoms with Gasteiger partial charge in [-0.2, -0.15) is 0 Å². The number of primary sulfonamides is 1. The van der Waals surface area contributed by atoms with Gasteiger partial charge in [0, 0.05) is 12.1 Å². The minimum atomic E-state index is -3.80. The van der Waals surface area contributed by atoms with E-state index in [1.165, 1.54) is 6.07 Å². The van der Waals surface area contributed by atoms with Crippen molar-refractivity contribution >= 4 is 15.9 Å². The van der Waals surface area contributed by atoms with Crippen molar-refractivity contribution in [3.05, 3.63) is 29.3 Å². The number of rotatable bonds is 4. The van der Waals surface area contributed by atoms with E-state index >= 15 is 0 Å². The van der Waals surface area contributed by atoms with Gasteiger partial charge >= 0.3 is 0 Å². The van der Waals surface area contributed by atoms with E-state index in [0.29, 0.717) is 24.1 Å². The van der Waals surface area contributed by atoms with Crippen LogP contribution in [0.2, 0.25) is 0 Å². The minimum absolute atomic E-state index is 0.0174. The van der Waals surface area contributed by atoms with Gasteiger partial charge in [-0.25, -0.2) is 13.6 Å². The first-order valence-corrected chi connectivity index (χ1v) is 6.88. The van der Waals surface area contributed by atoms with Crippen LogP contribution in [0.25, 0.3) is 0 Å². The Morgan fingerprint density at radius 1 is 1.35 bits per heavy atom. The van der Waals surface area contributed by atoms with Gasteiger partial charge in [0.25, 0.3) is 5.91 Å². The summed E-state index contributed by atoms with van der Waals surface area (Å²) in [7, 11) is -3.80. The number of hydrogen-bond acceptors (Lipinski definition) is 3. The van der Waals surface area contributed by atoms with Gasteiger partial charge in [-0.05, 0) is 31.0 Å². The fourth-order valence-electron chi connectivity index (χ4n) is 1.52. The average Bonchev–Trinajstić information content (AvgIpc) is 2.27. The second-order valence-corrected chi connectivity index (χ2v) is 5.11. The summed E-state index contributed by atoms with van der Waals surface area (Å²) in [5.41, 5.74) is 0.911. The van der Waals surface area contributed by atoms with Crippen LogP contribution in [0.15, 0.2) is 23.1 Å². The van der Waals surface area contributed by atoms with Crippen LogP contribution in [0.3, 0.4) is 0 Å². The molecule has 0 saturated carbocycles. The van der Waals surface area contributed by atoms with Crippen LogP contribution < -0.4 is 10.5 Å². The molecular weight excluding hydrogens is 240 g/mol. The van der Waals surface area contributed by atoms with Crippen LogP contribution in [0.1, 0.15) is 29.8 Å². The van der Waals surface area contributed by atoms with E-state index < -0.39 is 10.0 Å². The molecule has 0 saturated heterocycles. The Hall–Kier alpha value is -1.40. The summed E-state index contributed by atoms with van der Waals surface area (Å²) in [4.78, 5) is 11.6. The number of nitrogens with two attached hydrogens (primary N) is 1. The van der Waals surface area contributed by atoms with Gasteiger partial charge in [-0.15, -0.1) is 0 Å². The van der Waals surface area contributed by atoms with Crippen LogP contribution >= 0.6 is 0 Å². The number of carbonyl (C=O) groups excluding carboxylic acids is 1. The molecule has 1 aromatic rings. The minimum Gasteiger partial charge on any atom is -0.352 e. The van der Waals surface area contributed by atoms with Gasteiger partial charge in [-0.3, -0.25) is 4.79 Å². The number of carbonyl (C=O) groups is 1. The second-order valence-electron chi connectivity index (χ2n) is 3.58. The molecule has 0 atom stereocenters. The topological polar surface area (TPSA) is 89.3 Å². The first kappa shape index (κ1) is 13.7. The molecule has 17 heavy (non-hydrogen) atoms. The SMILES string of the molecule is CCNC(=O)c1ccc(CC)c(S(N)(=O)=O)c1. The summed E-state index contributed by atoms with van der Waals surface area (Å²) in [5, 5.41) is 7.72. The molecular formula is C11H16N2O3S. The quantitative estimate of drug-likeness (QED) is 0.828. The lowest BCUT2D eigenvalue weighted by molar-refractivity contribution is 0.0955. The molecule has 0 aliphatic rings. The molecule has 1 aromatic carbocycles. The van der Waals surface area contributed by atoms with E-state index in [1.54, 1.807) is 19.1 Å². The average molecular weight is 256 g/mol. The highest BCUT2D eigenvalue weighted by molar-refractivity contribution is 7.89. The van der Waals surface area contributed by atoms with Crippen molar-refractivity contribution in [2.24, 2.45) is 5.14 Å². The molecule has 1 rings (SSSR count). The van der Waals surface area contributed by atoms with Gasteiger partial charge in [0.05, 0.1) is 4.90 Å². The van der Waals surface area contributed by atoms with E-state index in [1.807, 2.05) is 6.92 Å². The van der Waals surface area contributed by atoms with E-state index in [2.05, 4.69) is 5.32 Å². The van der Waals surface area contributed by atoms with Crippen molar-refractivity contribution in [3.63, 3.8) is 0 Å². The third-order valence-corrected chi connectivity index (χ3v) is 3.35. The maximum Gasteiger partial charge on any atom is 0.251 e. The van der Waals surface area contributed by atoms with Crippen molar-refractivity contribution in [1.29, 1.82) is 0 Å². The first-order valence-electron chi connectivity index (χ1n) is 5.34. The lowest BCUT2D eigenvalue weighted by Gasteiger charge is -2.08. The zero-order chi connectivity index (χ0) is 13.1. The van der Waals surface area contributed by atoms with Crippen molar-refractivity contribution in [2.75, 3.05) is 6.54 Å². The molecule has 0 aliphatic carbocycles. The summed E-state index contributed by atoms with van der Waals surface area (Å²) >= 11 is 0. The zero-order valence-corrected chi connectivity index (χ0v) is 10.7. The standard InChI is InChI=1S/C11H16N2O3S/c1-3-8-5-6-9(11(14)13-4-2)7-10(8)17(12,15)16/h5-7H,3-4H2,1-2H3,(H,13,14)(H2,12,15,16). The Morgan fingerprint density at radius 2 is 2.00 bits per heavy atom. The fraction of sp³-hybridized carbons (Fsp3) is 0.364. The van der Waals surface area contributed by atoms with E-state index in [0.717, 1.165) is 0 Å². The monoisotopic (exact) mass is 256 g/mol. The lowest BCUT2D eigenvalue weighted by Crippen LogP contribution is -2.23. The maximum absolute atomic E-state index is 11.6. The molecule has 0 bridgehead atoms. The number of hydrogen-bond donors (Lipinski definition) is 2. The van der Waals surface area contributed by atoms with E-state index in [4.69, 9.17) is 5.14 Å². The Balaban J connectivity index is 3.28. The molecule has 0 fully saturated rings. The normalized spacial score (nSPS) is 11.2. The van der Waals surface area contributed by atoms with E-state index in [9.17, 15) is 13.2 Å². The third kappa shape index (κ3) is 3.28. The molecule has 0 aliphatic heterocycles. The highest BCUT2D eigenvalue weighted by Gasteiger charge is 2.15. The van der Waals surface area contributed by atoms with Gasteiger partial charge in [0.2, 0.25) is 10.0 Å². The number of sulfonamides is 1. The van der Waals surface area contributed by atoms with Gasteiger partial charge in [-0.1, -0.05) is 13.0 Å². The Bertz CT molecular complexity index is 524. The second kappa shape index (κ2) is 5.29. The highest BCUT2D eigenvalue weighted by Crippen LogP contribution is 2.17. The van der Waals surface area contributed by atoms with Crippen molar-refractivity contribution < 1.29 is 13.2 Å². The summed E-state index contributed by atoms with van der Waals surface area (Å²) in [6.07, 6.45) is 0.543. The number of amides is 1. The van der Waals surface area contributed by atoms with Crippen LogP contribution in [-0.2, 0) is 16.4 Å². The molecule has 0 aromatic heterocycles. The molecule has 0 spiro atoms. The molecule has 0 radical (unpaired) electrons.